The summed E-state index contributed by atoms with van der Waals surface area (Å²) < 4.78 is 29.5. The van der Waals surface area contributed by atoms with Crippen LogP contribution in [0.15, 0.2) is 39.9 Å². The number of fused-ring (bicyclic) bond motifs is 1. The first kappa shape index (κ1) is 21.6. The average Bonchev–Trinajstić information content (AvgIpc) is 3.56. The van der Waals surface area contributed by atoms with E-state index in [4.69, 9.17) is 4.98 Å². The van der Waals surface area contributed by atoms with Gasteiger partial charge in [0, 0.05) is 51.9 Å². The summed E-state index contributed by atoms with van der Waals surface area (Å²) in [5.74, 6) is 1.00. The molecule has 1 amide bonds. The Kier molecular flexibility index (Phi) is 5.79. The van der Waals surface area contributed by atoms with Crippen molar-refractivity contribution in [1.29, 1.82) is 0 Å². The number of aromatic nitrogens is 2. The molecule has 5 rings (SSSR count). The number of carbonyl (C=O) groups excluding carboxylic acids is 1. The van der Waals surface area contributed by atoms with Gasteiger partial charge in [0.25, 0.3) is 15.9 Å². The summed E-state index contributed by atoms with van der Waals surface area (Å²) in [6, 6.07) is 9.19. The van der Waals surface area contributed by atoms with Gasteiger partial charge in [-0.1, -0.05) is 6.07 Å². The molecular weight excluding hydrogens is 446 g/mol. The molecule has 2 aromatic heterocycles. The lowest BCUT2D eigenvalue weighted by molar-refractivity contribution is 0.0793. The van der Waals surface area contributed by atoms with Crippen LogP contribution in [0.3, 0.4) is 0 Å². The SMILES string of the molecule is Cn1c(CN2CCN(S(=O)(=O)c3cccs3)CC2)nc2cc(C(=O)N3CCCC3)ccc21. The van der Waals surface area contributed by atoms with Crippen molar-refractivity contribution < 1.29 is 13.2 Å². The lowest BCUT2D eigenvalue weighted by Gasteiger charge is -2.33. The molecule has 0 N–H and O–H groups in total. The summed E-state index contributed by atoms with van der Waals surface area (Å²) in [6.45, 7) is 4.57. The molecule has 0 saturated carbocycles. The fraction of sp³-hybridized carbons (Fsp3) is 0.455. The first-order valence-corrected chi connectivity index (χ1v) is 13.3. The van der Waals surface area contributed by atoms with Crippen LogP contribution in [-0.2, 0) is 23.6 Å². The Balaban J connectivity index is 1.27. The first-order chi connectivity index (χ1) is 15.4. The lowest BCUT2D eigenvalue weighted by atomic mass is 10.2. The number of likely N-dealkylation sites (tertiary alicyclic amines) is 1. The lowest BCUT2D eigenvalue weighted by Crippen LogP contribution is -2.48. The third-order valence-corrected chi connectivity index (χ3v) is 9.67. The van der Waals surface area contributed by atoms with Gasteiger partial charge in [-0.2, -0.15) is 4.31 Å². The van der Waals surface area contributed by atoms with Crippen LogP contribution in [-0.4, -0.2) is 77.2 Å². The summed E-state index contributed by atoms with van der Waals surface area (Å²) >= 11 is 1.26. The summed E-state index contributed by atoms with van der Waals surface area (Å²) in [7, 11) is -1.41. The number of hydrogen-bond donors (Lipinski definition) is 0. The van der Waals surface area contributed by atoms with E-state index in [-0.39, 0.29) is 5.91 Å². The summed E-state index contributed by atoms with van der Waals surface area (Å²) in [5.41, 5.74) is 2.51. The Morgan fingerprint density at radius 2 is 1.81 bits per heavy atom. The minimum Gasteiger partial charge on any atom is -0.339 e. The smallest absolute Gasteiger partial charge is 0.253 e. The van der Waals surface area contributed by atoms with Crippen LogP contribution in [0.2, 0.25) is 0 Å². The predicted molar refractivity (Wildman–Crippen MR) is 124 cm³/mol. The fourth-order valence-electron chi connectivity index (χ4n) is 4.49. The second-order valence-corrected chi connectivity index (χ2v) is 11.5. The number of benzene rings is 1. The molecule has 0 aliphatic carbocycles. The average molecular weight is 474 g/mol. The fourth-order valence-corrected chi connectivity index (χ4v) is 7.06. The van der Waals surface area contributed by atoms with Gasteiger partial charge in [0.2, 0.25) is 0 Å². The predicted octanol–water partition coefficient (Wildman–Crippen LogP) is 2.38. The molecule has 8 nitrogen and oxygen atoms in total. The molecule has 4 heterocycles. The molecule has 0 spiro atoms. The molecule has 1 aromatic carbocycles. The van der Waals surface area contributed by atoms with E-state index in [1.165, 1.54) is 11.3 Å². The molecule has 2 aliphatic heterocycles. The van der Waals surface area contributed by atoms with Gasteiger partial charge in [0.1, 0.15) is 10.0 Å². The number of aryl methyl sites for hydroxylation is 1. The van der Waals surface area contributed by atoms with Gasteiger partial charge in [0.05, 0.1) is 17.6 Å². The highest BCUT2D eigenvalue weighted by Gasteiger charge is 2.29. The van der Waals surface area contributed by atoms with Crippen molar-refractivity contribution in [3.05, 3.63) is 47.1 Å². The number of sulfonamides is 1. The number of piperazine rings is 1. The third-order valence-electron chi connectivity index (χ3n) is 6.40. The van der Waals surface area contributed by atoms with Crippen LogP contribution in [0.25, 0.3) is 11.0 Å². The first-order valence-electron chi connectivity index (χ1n) is 10.9. The maximum absolute atomic E-state index is 12.7. The van der Waals surface area contributed by atoms with Crippen LogP contribution in [0, 0.1) is 0 Å². The van der Waals surface area contributed by atoms with Gasteiger partial charge in [-0.05, 0) is 42.5 Å². The second kappa shape index (κ2) is 8.58. The third kappa shape index (κ3) is 3.96. The van der Waals surface area contributed by atoms with Crippen LogP contribution in [0.5, 0.6) is 0 Å². The quantitative estimate of drug-likeness (QED) is 0.569. The van der Waals surface area contributed by atoms with Crippen molar-refractivity contribution in [3.8, 4) is 0 Å². The number of amides is 1. The standard InChI is InChI=1S/C22H27N5O3S2/c1-24-19-7-6-17(22(28)26-8-2-3-9-26)15-18(19)23-20(24)16-25-10-12-27(13-11-25)32(29,30)21-5-4-14-31-21/h4-7,14-15H,2-3,8-13,16H2,1H3. The number of hydrogen-bond acceptors (Lipinski definition) is 6. The molecule has 2 aliphatic rings. The normalized spacial score (nSPS) is 18.6. The van der Waals surface area contributed by atoms with Crippen LogP contribution >= 0.6 is 11.3 Å². The number of rotatable bonds is 5. The van der Waals surface area contributed by atoms with Gasteiger partial charge < -0.3 is 9.47 Å². The van der Waals surface area contributed by atoms with Gasteiger partial charge >= 0.3 is 0 Å². The summed E-state index contributed by atoms with van der Waals surface area (Å²) in [6.07, 6.45) is 2.15. The zero-order valence-corrected chi connectivity index (χ0v) is 19.7. The highest BCUT2D eigenvalue weighted by molar-refractivity contribution is 7.91. The molecule has 0 unspecified atom stereocenters. The van der Waals surface area contributed by atoms with E-state index in [1.54, 1.807) is 21.8 Å². The van der Waals surface area contributed by atoms with Crippen LogP contribution in [0.4, 0.5) is 0 Å². The Morgan fingerprint density at radius 1 is 1.06 bits per heavy atom. The maximum atomic E-state index is 12.7. The van der Waals surface area contributed by atoms with Crippen molar-refractivity contribution in [3.63, 3.8) is 0 Å². The van der Waals surface area contributed by atoms with E-state index in [9.17, 15) is 13.2 Å². The Bertz CT molecular complexity index is 1220. The summed E-state index contributed by atoms with van der Waals surface area (Å²) in [4.78, 5) is 21.7. The van der Waals surface area contributed by atoms with Gasteiger partial charge in [-0.25, -0.2) is 13.4 Å². The minimum absolute atomic E-state index is 0.0830. The van der Waals surface area contributed by atoms with Crippen LogP contribution in [0.1, 0.15) is 29.0 Å². The molecule has 0 radical (unpaired) electrons. The van der Waals surface area contributed by atoms with E-state index in [0.29, 0.717) is 42.5 Å². The molecular formula is C22H27N5O3S2. The maximum Gasteiger partial charge on any atom is 0.253 e. The molecule has 10 heteroatoms. The van der Waals surface area contributed by atoms with E-state index < -0.39 is 10.0 Å². The van der Waals surface area contributed by atoms with E-state index in [1.807, 2.05) is 30.1 Å². The zero-order valence-electron chi connectivity index (χ0n) is 18.1. The Hall–Kier alpha value is -2.27. The highest BCUT2D eigenvalue weighted by atomic mass is 32.2. The highest BCUT2D eigenvalue weighted by Crippen LogP contribution is 2.24. The van der Waals surface area contributed by atoms with E-state index in [2.05, 4.69) is 9.47 Å². The molecule has 2 fully saturated rings. The molecule has 170 valence electrons. The van der Waals surface area contributed by atoms with Gasteiger partial charge in [0.15, 0.2) is 0 Å². The number of carbonyl (C=O) groups is 1. The second-order valence-electron chi connectivity index (χ2n) is 8.40. The van der Waals surface area contributed by atoms with Crippen molar-refractivity contribution in [2.75, 3.05) is 39.3 Å². The molecule has 2 saturated heterocycles. The largest absolute Gasteiger partial charge is 0.339 e. The van der Waals surface area contributed by atoms with Crippen molar-refractivity contribution in [2.24, 2.45) is 7.05 Å². The molecule has 3 aromatic rings. The number of imidazole rings is 1. The number of nitrogens with zero attached hydrogens (tertiary/aromatic N) is 5. The molecule has 0 bridgehead atoms. The van der Waals surface area contributed by atoms with Gasteiger partial charge in [-0.3, -0.25) is 9.69 Å². The zero-order chi connectivity index (χ0) is 22.3. The van der Waals surface area contributed by atoms with Crippen molar-refractivity contribution >= 4 is 38.3 Å². The van der Waals surface area contributed by atoms with Gasteiger partial charge in [-0.15, -0.1) is 11.3 Å². The van der Waals surface area contributed by atoms with Crippen molar-refractivity contribution in [1.82, 2.24) is 23.7 Å². The molecule has 0 atom stereocenters. The Labute approximate surface area is 192 Å². The summed E-state index contributed by atoms with van der Waals surface area (Å²) in [5, 5.41) is 1.79. The Morgan fingerprint density at radius 3 is 2.50 bits per heavy atom. The monoisotopic (exact) mass is 473 g/mol. The van der Waals surface area contributed by atoms with E-state index in [0.717, 1.165) is 42.8 Å². The minimum atomic E-state index is -3.40. The molecule has 32 heavy (non-hydrogen) atoms. The van der Waals surface area contributed by atoms with E-state index >= 15 is 0 Å². The number of thiophene rings is 1. The van der Waals surface area contributed by atoms with Crippen LogP contribution < -0.4 is 0 Å². The van der Waals surface area contributed by atoms with Crippen molar-refractivity contribution in [2.45, 2.75) is 23.6 Å². The topological polar surface area (TPSA) is 78.7 Å².